The molecule has 0 saturated carbocycles. The van der Waals surface area contributed by atoms with Crippen LogP contribution in [0.1, 0.15) is 27.5 Å². The van der Waals surface area contributed by atoms with Crippen LogP contribution in [0, 0.1) is 6.92 Å². The zero-order valence-electron chi connectivity index (χ0n) is 12.5. The topological polar surface area (TPSA) is 49.4 Å². The third kappa shape index (κ3) is 2.60. The Balaban J connectivity index is 1.98. The summed E-state index contributed by atoms with van der Waals surface area (Å²) >= 11 is 0. The molecule has 1 N–H and O–H groups in total. The van der Waals surface area contributed by atoms with Crippen molar-refractivity contribution in [2.24, 2.45) is 0 Å². The van der Waals surface area contributed by atoms with E-state index in [0.717, 1.165) is 11.1 Å². The van der Waals surface area contributed by atoms with Gasteiger partial charge in [-0.15, -0.1) is 0 Å². The lowest BCUT2D eigenvalue weighted by atomic mass is 10.00. The minimum atomic E-state index is -0.568. The van der Waals surface area contributed by atoms with Crippen molar-refractivity contribution in [3.63, 3.8) is 0 Å². The standard InChI is InChI=1S/C18H18N2O2/c1-13-7-5-6-10-15(13)18(22)20-12-11-19-17(21)16(20)14-8-3-2-4-9-14/h2-10,16H,11-12H2,1H3,(H,19,21). The molecule has 1 unspecified atom stereocenters. The third-order valence-corrected chi connectivity index (χ3v) is 3.96. The summed E-state index contributed by atoms with van der Waals surface area (Å²) in [6.07, 6.45) is 0. The van der Waals surface area contributed by atoms with Crippen LogP contribution in [0.5, 0.6) is 0 Å². The number of hydrogen-bond acceptors (Lipinski definition) is 2. The maximum Gasteiger partial charge on any atom is 0.255 e. The molecular formula is C18H18N2O2. The summed E-state index contributed by atoms with van der Waals surface area (Å²) in [5, 5.41) is 2.85. The highest BCUT2D eigenvalue weighted by molar-refractivity contribution is 5.99. The molecule has 0 spiro atoms. The second-order valence-electron chi connectivity index (χ2n) is 5.42. The fourth-order valence-electron chi connectivity index (χ4n) is 2.82. The molecule has 4 nitrogen and oxygen atoms in total. The van der Waals surface area contributed by atoms with Gasteiger partial charge < -0.3 is 10.2 Å². The Morgan fingerprint density at radius 2 is 1.77 bits per heavy atom. The maximum atomic E-state index is 12.9. The normalized spacial score (nSPS) is 18.0. The second kappa shape index (κ2) is 6.02. The predicted molar refractivity (Wildman–Crippen MR) is 84.4 cm³/mol. The molecule has 4 heteroatoms. The fraction of sp³-hybridized carbons (Fsp3) is 0.222. The van der Waals surface area contributed by atoms with Crippen molar-refractivity contribution < 1.29 is 9.59 Å². The minimum Gasteiger partial charge on any atom is -0.352 e. The Kier molecular flexibility index (Phi) is 3.92. The lowest BCUT2D eigenvalue weighted by Crippen LogP contribution is -2.52. The third-order valence-electron chi connectivity index (χ3n) is 3.96. The van der Waals surface area contributed by atoms with E-state index >= 15 is 0 Å². The van der Waals surface area contributed by atoms with Crippen LogP contribution in [-0.2, 0) is 4.79 Å². The SMILES string of the molecule is Cc1ccccc1C(=O)N1CCNC(=O)C1c1ccccc1. The quantitative estimate of drug-likeness (QED) is 0.924. The highest BCUT2D eigenvalue weighted by atomic mass is 16.2. The molecular weight excluding hydrogens is 276 g/mol. The number of rotatable bonds is 2. The van der Waals surface area contributed by atoms with Gasteiger partial charge in [-0.3, -0.25) is 9.59 Å². The number of aryl methyl sites for hydroxylation is 1. The van der Waals surface area contributed by atoms with Gasteiger partial charge in [0.15, 0.2) is 0 Å². The number of piperazine rings is 1. The number of hydrogen-bond donors (Lipinski definition) is 1. The molecule has 1 fully saturated rings. The van der Waals surface area contributed by atoms with Crippen molar-refractivity contribution in [1.82, 2.24) is 10.2 Å². The maximum absolute atomic E-state index is 12.9. The summed E-state index contributed by atoms with van der Waals surface area (Å²) in [5.74, 6) is -0.221. The molecule has 2 aromatic rings. The van der Waals surface area contributed by atoms with Gasteiger partial charge >= 0.3 is 0 Å². The molecule has 0 aliphatic carbocycles. The first-order valence-corrected chi connectivity index (χ1v) is 7.38. The van der Waals surface area contributed by atoms with E-state index < -0.39 is 6.04 Å². The number of benzene rings is 2. The van der Waals surface area contributed by atoms with Crippen LogP contribution in [0.2, 0.25) is 0 Å². The molecule has 3 rings (SSSR count). The first-order chi connectivity index (χ1) is 10.7. The fourth-order valence-corrected chi connectivity index (χ4v) is 2.82. The monoisotopic (exact) mass is 294 g/mol. The Bertz CT molecular complexity index is 697. The Morgan fingerprint density at radius 3 is 2.50 bits per heavy atom. The molecule has 1 aliphatic rings. The van der Waals surface area contributed by atoms with Crippen molar-refractivity contribution in [1.29, 1.82) is 0 Å². The molecule has 112 valence electrons. The van der Waals surface area contributed by atoms with Crippen LogP contribution in [0.15, 0.2) is 54.6 Å². The molecule has 0 aromatic heterocycles. The van der Waals surface area contributed by atoms with Gasteiger partial charge in [-0.2, -0.15) is 0 Å². The highest BCUT2D eigenvalue weighted by Crippen LogP contribution is 2.25. The highest BCUT2D eigenvalue weighted by Gasteiger charge is 2.34. The van der Waals surface area contributed by atoms with E-state index in [4.69, 9.17) is 0 Å². The summed E-state index contributed by atoms with van der Waals surface area (Å²) in [6.45, 7) is 2.91. The van der Waals surface area contributed by atoms with Crippen LogP contribution in [0.3, 0.4) is 0 Å². The number of amides is 2. The zero-order chi connectivity index (χ0) is 15.5. The summed E-state index contributed by atoms with van der Waals surface area (Å²) in [6, 6.07) is 16.3. The molecule has 1 aliphatic heterocycles. The van der Waals surface area contributed by atoms with Gasteiger partial charge in [0.2, 0.25) is 5.91 Å². The molecule has 1 atom stereocenters. The Morgan fingerprint density at radius 1 is 1.09 bits per heavy atom. The Hall–Kier alpha value is -2.62. The van der Waals surface area contributed by atoms with Gasteiger partial charge in [-0.05, 0) is 24.1 Å². The molecule has 0 radical (unpaired) electrons. The first-order valence-electron chi connectivity index (χ1n) is 7.38. The number of nitrogens with zero attached hydrogens (tertiary/aromatic N) is 1. The lowest BCUT2D eigenvalue weighted by Gasteiger charge is -2.35. The van der Waals surface area contributed by atoms with Crippen LogP contribution in [-0.4, -0.2) is 29.8 Å². The van der Waals surface area contributed by atoms with E-state index in [1.165, 1.54) is 0 Å². The van der Waals surface area contributed by atoms with Gasteiger partial charge in [-0.1, -0.05) is 48.5 Å². The number of carbonyl (C=O) groups excluding carboxylic acids is 2. The van der Waals surface area contributed by atoms with Crippen LogP contribution in [0.4, 0.5) is 0 Å². The Labute approximate surface area is 129 Å². The summed E-state index contributed by atoms with van der Waals surface area (Å²) < 4.78 is 0. The average molecular weight is 294 g/mol. The molecule has 1 heterocycles. The zero-order valence-corrected chi connectivity index (χ0v) is 12.5. The average Bonchev–Trinajstić information content (AvgIpc) is 2.55. The van der Waals surface area contributed by atoms with E-state index in [0.29, 0.717) is 18.7 Å². The van der Waals surface area contributed by atoms with Gasteiger partial charge in [0.25, 0.3) is 5.91 Å². The van der Waals surface area contributed by atoms with Gasteiger partial charge in [-0.25, -0.2) is 0 Å². The smallest absolute Gasteiger partial charge is 0.255 e. The van der Waals surface area contributed by atoms with E-state index in [1.54, 1.807) is 4.90 Å². The summed E-state index contributed by atoms with van der Waals surface area (Å²) in [7, 11) is 0. The molecule has 22 heavy (non-hydrogen) atoms. The summed E-state index contributed by atoms with van der Waals surface area (Å²) in [4.78, 5) is 26.9. The molecule has 1 saturated heterocycles. The molecule has 2 amide bonds. The number of nitrogens with one attached hydrogen (secondary N) is 1. The van der Waals surface area contributed by atoms with Crippen LogP contribution >= 0.6 is 0 Å². The van der Waals surface area contributed by atoms with Crippen molar-refractivity contribution in [2.75, 3.05) is 13.1 Å². The lowest BCUT2D eigenvalue weighted by molar-refractivity contribution is -0.128. The molecule has 2 aromatic carbocycles. The van der Waals surface area contributed by atoms with Crippen LogP contribution < -0.4 is 5.32 Å². The predicted octanol–water partition coefficient (Wildman–Crippen LogP) is 2.31. The first kappa shape index (κ1) is 14.3. The van der Waals surface area contributed by atoms with E-state index in [1.807, 2.05) is 61.5 Å². The van der Waals surface area contributed by atoms with Gasteiger partial charge in [0.05, 0.1) is 0 Å². The van der Waals surface area contributed by atoms with Crippen LogP contribution in [0.25, 0.3) is 0 Å². The van der Waals surface area contributed by atoms with Crippen molar-refractivity contribution >= 4 is 11.8 Å². The number of carbonyl (C=O) groups is 2. The largest absolute Gasteiger partial charge is 0.352 e. The van der Waals surface area contributed by atoms with Crippen molar-refractivity contribution in [2.45, 2.75) is 13.0 Å². The van der Waals surface area contributed by atoms with E-state index in [2.05, 4.69) is 5.32 Å². The van der Waals surface area contributed by atoms with Crippen molar-refractivity contribution in [3.8, 4) is 0 Å². The molecule has 0 bridgehead atoms. The summed E-state index contributed by atoms with van der Waals surface area (Å²) in [5.41, 5.74) is 2.41. The van der Waals surface area contributed by atoms with Gasteiger partial charge in [0.1, 0.15) is 6.04 Å². The van der Waals surface area contributed by atoms with Crippen molar-refractivity contribution in [3.05, 3.63) is 71.3 Å². The second-order valence-corrected chi connectivity index (χ2v) is 5.42. The minimum absolute atomic E-state index is 0.0956. The van der Waals surface area contributed by atoms with Gasteiger partial charge in [0, 0.05) is 18.7 Å². The van der Waals surface area contributed by atoms with E-state index in [-0.39, 0.29) is 11.8 Å². The van der Waals surface area contributed by atoms with E-state index in [9.17, 15) is 9.59 Å².